The molecule has 1 heterocycles. The van der Waals surface area contributed by atoms with Crippen molar-refractivity contribution < 1.29 is 4.39 Å². The second-order valence-corrected chi connectivity index (χ2v) is 4.89. The van der Waals surface area contributed by atoms with Crippen molar-refractivity contribution >= 4 is 5.69 Å². The smallest absolute Gasteiger partial charge is 0.130 e. The van der Waals surface area contributed by atoms with Crippen LogP contribution in [-0.2, 0) is 5.54 Å². The van der Waals surface area contributed by atoms with E-state index in [0.717, 1.165) is 30.6 Å². The summed E-state index contributed by atoms with van der Waals surface area (Å²) in [5.41, 5.74) is 1.56. The summed E-state index contributed by atoms with van der Waals surface area (Å²) in [6, 6.07) is 5.30. The maximum absolute atomic E-state index is 14.0. The van der Waals surface area contributed by atoms with E-state index in [1.54, 1.807) is 12.1 Å². The summed E-state index contributed by atoms with van der Waals surface area (Å²) < 4.78 is 14.0. The normalized spacial score (nSPS) is 24.8. The Morgan fingerprint density at radius 2 is 2.12 bits per heavy atom. The molecule has 0 aliphatic carbocycles. The predicted octanol–water partition coefficient (Wildman–Crippen LogP) is 2.49. The highest BCUT2D eigenvalue weighted by Crippen LogP contribution is 2.37. The molecular weight excluding hydrogens is 203 g/mol. The number of hydrogen-bond donors (Lipinski definition) is 1. The zero-order valence-corrected chi connectivity index (χ0v) is 10.2. The lowest BCUT2D eigenvalue weighted by atomic mass is 9.88. The van der Waals surface area contributed by atoms with Gasteiger partial charge in [-0.3, -0.25) is 0 Å². The van der Waals surface area contributed by atoms with Crippen molar-refractivity contribution in [1.82, 2.24) is 5.32 Å². The van der Waals surface area contributed by atoms with Crippen LogP contribution in [-0.4, -0.2) is 20.6 Å². The van der Waals surface area contributed by atoms with E-state index in [1.165, 1.54) is 0 Å². The number of benzene rings is 1. The Bertz CT molecular complexity index is 382. The van der Waals surface area contributed by atoms with Crippen LogP contribution in [0.1, 0.15) is 25.3 Å². The molecule has 2 rings (SSSR count). The number of anilines is 1. The number of nitrogens with one attached hydrogen (secondary N) is 1. The molecule has 0 saturated carbocycles. The molecule has 16 heavy (non-hydrogen) atoms. The Kier molecular flexibility index (Phi) is 2.89. The molecule has 0 amide bonds. The van der Waals surface area contributed by atoms with Crippen LogP contribution in [0, 0.1) is 5.82 Å². The van der Waals surface area contributed by atoms with Gasteiger partial charge in [0.25, 0.3) is 0 Å². The van der Waals surface area contributed by atoms with Crippen LogP contribution >= 0.6 is 0 Å². The van der Waals surface area contributed by atoms with Gasteiger partial charge in [0.05, 0.1) is 0 Å². The van der Waals surface area contributed by atoms with Gasteiger partial charge in [-0.05, 0) is 38.4 Å². The fourth-order valence-electron chi connectivity index (χ4n) is 2.54. The van der Waals surface area contributed by atoms with E-state index in [-0.39, 0.29) is 11.4 Å². The lowest BCUT2D eigenvalue weighted by Gasteiger charge is -2.30. The van der Waals surface area contributed by atoms with E-state index in [9.17, 15) is 4.39 Å². The molecule has 1 aliphatic rings. The minimum Gasteiger partial charge on any atom is -0.377 e. The van der Waals surface area contributed by atoms with Crippen LogP contribution in [0.4, 0.5) is 10.1 Å². The first-order chi connectivity index (χ1) is 7.54. The molecule has 0 aromatic heterocycles. The Hall–Kier alpha value is -1.09. The molecule has 1 aromatic rings. The molecule has 2 nitrogen and oxygen atoms in total. The van der Waals surface area contributed by atoms with Gasteiger partial charge in [-0.2, -0.15) is 0 Å². The summed E-state index contributed by atoms with van der Waals surface area (Å²) in [7, 11) is 3.91. The third-order valence-corrected chi connectivity index (χ3v) is 3.39. The third-order valence-electron chi connectivity index (χ3n) is 3.39. The molecular formula is C13H19FN2. The summed E-state index contributed by atoms with van der Waals surface area (Å²) in [6.07, 6.45) is 2.10. The number of hydrogen-bond acceptors (Lipinski definition) is 2. The largest absolute Gasteiger partial charge is 0.377 e. The molecule has 1 saturated heterocycles. The summed E-state index contributed by atoms with van der Waals surface area (Å²) in [5, 5.41) is 3.42. The van der Waals surface area contributed by atoms with Gasteiger partial charge in [-0.25, -0.2) is 4.39 Å². The molecule has 1 N–H and O–H groups in total. The first kappa shape index (κ1) is 11.4. The third kappa shape index (κ3) is 1.80. The number of nitrogens with zero attached hydrogens (tertiary/aromatic N) is 1. The van der Waals surface area contributed by atoms with Gasteiger partial charge in [0.2, 0.25) is 0 Å². The second-order valence-electron chi connectivity index (χ2n) is 4.89. The highest BCUT2D eigenvalue weighted by molar-refractivity contribution is 5.56. The summed E-state index contributed by atoms with van der Waals surface area (Å²) in [6.45, 7) is 3.06. The SMILES string of the molecule is CN(C)c1cccc(F)c1C1(C)CCCN1. The van der Waals surface area contributed by atoms with Gasteiger partial charge in [-0.15, -0.1) is 0 Å². The van der Waals surface area contributed by atoms with Gasteiger partial charge in [0.15, 0.2) is 0 Å². The molecule has 3 heteroatoms. The highest BCUT2D eigenvalue weighted by Gasteiger charge is 2.34. The lowest BCUT2D eigenvalue weighted by Crippen LogP contribution is -2.35. The van der Waals surface area contributed by atoms with Crippen molar-refractivity contribution in [3.63, 3.8) is 0 Å². The van der Waals surface area contributed by atoms with E-state index in [0.29, 0.717) is 0 Å². The van der Waals surface area contributed by atoms with Crippen molar-refractivity contribution in [2.75, 3.05) is 25.5 Å². The van der Waals surface area contributed by atoms with Crippen molar-refractivity contribution in [3.05, 3.63) is 29.6 Å². The standard InChI is InChI=1S/C13H19FN2/c1-13(8-5-9-15-13)12-10(14)6-4-7-11(12)16(2)3/h4,6-7,15H,5,8-9H2,1-3H3. The van der Waals surface area contributed by atoms with Crippen molar-refractivity contribution in [2.45, 2.75) is 25.3 Å². The highest BCUT2D eigenvalue weighted by atomic mass is 19.1. The molecule has 1 atom stereocenters. The Labute approximate surface area is 96.5 Å². The van der Waals surface area contributed by atoms with Crippen LogP contribution in [0.25, 0.3) is 0 Å². The quantitative estimate of drug-likeness (QED) is 0.827. The maximum atomic E-state index is 14.0. The second kappa shape index (κ2) is 4.06. The van der Waals surface area contributed by atoms with Crippen LogP contribution < -0.4 is 10.2 Å². The number of rotatable bonds is 2. The molecule has 1 fully saturated rings. The first-order valence-electron chi connectivity index (χ1n) is 5.76. The molecule has 0 spiro atoms. The monoisotopic (exact) mass is 222 g/mol. The average molecular weight is 222 g/mol. The Morgan fingerprint density at radius 3 is 2.69 bits per heavy atom. The summed E-state index contributed by atoms with van der Waals surface area (Å²) >= 11 is 0. The zero-order chi connectivity index (χ0) is 11.8. The lowest BCUT2D eigenvalue weighted by molar-refractivity contribution is 0.411. The Morgan fingerprint density at radius 1 is 1.38 bits per heavy atom. The summed E-state index contributed by atoms with van der Waals surface area (Å²) in [5.74, 6) is -0.108. The van der Waals surface area contributed by atoms with E-state index < -0.39 is 0 Å². The minimum atomic E-state index is -0.217. The maximum Gasteiger partial charge on any atom is 0.130 e. The van der Waals surface area contributed by atoms with Gasteiger partial charge in [-0.1, -0.05) is 6.07 Å². The first-order valence-corrected chi connectivity index (χ1v) is 5.76. The van der Waals surface area contributed by atoms with E-state index in [2.05, 4.69) is 12.2 Å². The molecule has 1 unspecified atom stereocenters. The van der Waals surface area contributed by atoms with E-state index >= 15 is 0 Å². The van der Waals surface area contributed by atoms with E-state index in [4.69, 9.17) is 0 Å². The van der Waals surface area contributed by atoms with Gasteiger partial charge >= 0.3 is 0 Å². The van der Waals surface area contributed by atoms with Crippen LogP contribution in [0.3, 0.4) is 0 Å². The molecule has 1 aromatic carbocycles. The van der Waals surface area contributed by atoms with Crippen LogP contribution in [0.5, 0.6) is 0 Å². The van der Waals surface area contributed by atoms with Gasteiger partial charge in [0.1, 0.15) is 5.82 Å². The zero-order valence-electron chi connectivity index (χ0n) is 10.2. The average Bonchev–Trinajstić information content (AvgIpc) is 2.65. The van der Waals surface area contributed by atoms with Crippen molar-refractivity contribution in [2.24, 2.45) is 0 Å². The molecule has 0 bridgehead atoms. The van der Waals surface area contributed by atoms with Gasteiger partial charge in [0, 0.05) is 30.9 Å². The molecule has 1 aliphatic heterocycles. The molecule has 88 valence electrons. The van der Waals surface area contributed by atoms with E-state index in [1.807, 2.05) is 25.1 Å². The minimum absolute atomic E-state index is 0.108. The molecule has 0 radical (unpaired) electrons. The van der Waals surface area contributed by atoms with Gasteiger partial charge < -0.3 is 10.2 Å². The summed E-state index contributed by atoms with van der Waals surface area (Å²) in [4.78, 5) is 1.98. The predicted molar refractivity (Wildman–Crippen MR) is 65.3 cm³/mol. The van der Waals surface area contributed by atoms with Crippen LogP contribution in [0.15, 0.2) is 18.2 Å². The number of halogens is 1. The topological polar surface area (TPSA) is 15.3 Å². The van der Waals surface area contributed by atoms with Crippen LogP contribution in [0.2, 0.25) is 0 Å². The fourth-order valence-corrected chi connectivity index (χ4v) is 2.54. The van der Waals surface area contributed by atoms with Crippen molar-refractivity contribution in [3.8, 4) is 0 Å². The van der Waals surface area contributed by atoms with Crippen molar-refractivity contribution in [1.29, 1.82) is 0 Å². The Balaban J connectivity index is 2.53. The fraction of sp³-hybridized carbons (Fsp3) is 0.538.